The maximum atomic E-state index is 11.3. The Morgan fingerprint density at radius 1 is 1.47 bits per heavy atom. The molecule has 0 aromatic heterocycles. The average molecular weight is 241 g/mol. The number of hydrogen-bond donors (Lipinski definition) is 2. The van der Waals surface area contributed by atoms with Crippen molar-refractivity contribution in [3.8, 4) is 0 Å². The predicted octanol–water partition coefficient (Wildman–Crippen LogP) is 1.80. The second-order valence-corrected chi connectivity index (χ2v) is 5.63. The fourth-order valence-electron chi connectivity index (χ4n) is 2.55. The Balaban J connectivity index is 2.49. The lowest BCUT2D eigenvalue weighted by Crippen LogP contribution is -2.53. The highest BCUT2D eigenvalue weighted by Gasteiger charge is 2.28. The van der Waals surface area contributed by atoms with Gasteiger partial charge in [-0.2, -0.15) is 0 Å². The summed E-state index contributed by atoms with van der Waals surface area (Å²) in [6.45, 7) is 9.21. The van der Waals surface area contributed by atoms with Gasteiger partial charge in [-0.1, -0.05) is 27.2 Å². The van der Waals surface area contributed by atoms with E-state index in [4.69, 9.17) is 5.73 Å². The van der Waals surface area contributed by atoms with Gasteiger partial charge in [0.25, 0.3) is 0 Å². The molecule has 17 heavy (non-hydrogen) atoms. The molecule has 0 bridgehead atoms. The van der Waals surface area contributed by atoms with Gasteiger partial charge in [-0.15, -0.1) is 0 Å². The number of urea groups is 1. The van der Waals surface area contributed by atoms with Crippen LogP contribution in [0.1, 0.15) is 40.0 Å². The molecule has 2 atom stereocenters. The van der Waals surface area contributed by atoms with Gasteiger partial charge in [-0.25, -0.2) is 4.79 Å². The van der Waals surface area contributed by atoms with Gasteiger partial charge in [-0.05, 0) is 31.2 Å². The summed E-state index contributed by atoms with van der Waals surface area (Å²) in [4.78, 5) is 13.1. The summed E-state index contributed by atoms with van der Waals surface area (Å²) >= 11 is 0. The van der Waals surface area contributed by atoms with Gasteiger partial charge in [0, 0.05) is 19.1 Å². The van der Waals surface area contributed by atoms with E-state index in [2.05, 4.69) is 26.1 Å². The molecule has 1 heterocycles. The molecule has 0 aliphatic carbocycles. The van der Waals surface area contributed by atoms with Crippen molar-refractivity contribution in [2.45, 2.75) is 46.1 Å². The molecule has 2 amide bonds. The lowest BCUT2D eigenvalue weighted by Gasteiger charge is -2.37. The van der Waals surface area contributed by atoms with E-state index in [1.165, 1.54) is 19.3 Å². The third kappa shape index (κ3) is 4.94. The second kappa shape index (κ2) is 6.84. The van der Waals surface area contributed by atoms with E-state index in [0.717, 1.165) is 19.6 Å². The van der Waals surface area contributed by atoms with Crippen LogP contribution in [0, 0.1) is 11.8 Å². The van der Waals surface area contributed by atoms with Gasteiger partial charge in [-0.3, -0.25) is 0 Å². The van der Waals surface area contributed by atoms with Crippen LogP contribution in [0.25, 0.3) is 0 Å². The molecule has 0 aromatic carbocycles. The molecule has 1 aliphatic rings. The minimum absolute atomic E-state index is 0.276. The molecular weight excluding hydrogens is 214 g/mol. The zero-order valence-corrected chi connectivity index (χ0v) is 11.4. The maximum absolute atomic E-state index is 11.3. The van der Waals surface area contributed by atoms with E-state index in [0.29, 0.717) is 17.9 Å². The van der Waals surface area contributed by atoms with Crippen LogP contribution < -0.4 is 11.1 Å². The highest BCUT2D eigenvalue weighted by atomic mass is 16.2. The number of carbonyl (C=O) groups is 1. The summed E-state index contributed by atoms with van der Waals surface area (Å²) in [6.07, 6.45) is 3.53. The van der Waals surface area contributed by atoms with E-state index in [1.807, 2.05) is 0 Å². The predicted molar refractivity (Wildman–Crippen MR) is 70.8 cm³/mol. The molecule has 3 N–H and O–H groups in total. The SMILES string of the molecule is CCCC1CC(NCC(C)C)CN(C(N)=O)C1. The molecule has 0 radical (unpaired) electrons. The van der Waals surface area contributed by atoms with Crippen LogP contribution in [0.5, 0.6) is 0 Å². The van der Waals surface area contributed by atoms with E-state index < -0.39 is 0 Å². The number of rotatable bonds is 5. The topological polar surface area (TPSA) is 58.4 Å². The fourth-order valence-corrected chi connectivity index (χ4v) is 2.55. The smallest absolute Gasteiger partial charge is 0.314 e. The Labute approximate surface area is 105 Å². The number of primary amides is 1. The normalized spacial score (nSPS) is 25.3. The number of carbonyl (C=O) groups excluding carboxylic acids is 1. The zero-order valence-electron chi connectivity index (χ0n) is 11.4. The van der Waals surface area contributed by atoms with Crippen LogP contribution >= 0.6 is 0 Å². The van der Waals surface area contributed by atoms with Crippen LogP contribution in [0.2, 0.25) is 0 Å². The standard InChI is InChI=1S/C13H27N3O/c1-4-5-11-6-12(15-7-10(2)3)9-16(8-11)13(14)17/h10-12,15H,4-9H2,1-3H3,(H2,14,17). The van der Waals surface area contributed by atoms with Crippen molar-refractivity contribution in [3.63, 3.8) is 0 Å². The maximum Gasteiger partial charge on any atom is 0.314 e. The Kier molecular flexibility index (Phi) is 5.75. The summed E-state index contributed by atoms with van der Waals surface area (Å²) in [5.41, 5.74) is 5.40. The third-order valence-electron chi connectivity index (χ3n) is 3.36. The number of nitrogens with zero attached hydrogens (tertiary/aromatic N) is 1. The van der Waals surface area contributed by atoms with Crippen molar-refractivity contribution in [2.24, 2.45) is 17.6 Å². The highest BCUT2D eigenvalue weighted by Crippen LogP contribution is 2.21. The lowest BCUT2D eigenvalue weighted by molar-refractivity contribution is 0.147. The molecule has 4 nitrogen and oxygen atoms in total. The van der Waals surface area contributed by atoms with Crippen LogP contribution in [0.3, 0.4) is 0 Å². The molecule has 1 aliphatic heterocycles. The number of hydrogen-bond acceptors (Lipinski definition) is 2. The molecule has 1 rings (SSSR count). The van der Waals surface area contributed by atoms with E-state index in [-0.39, 0.29) is 6.03 Å². The van der Waals surface area contributed by atoms with E-state index >= 15 is 0 Å². The number of piperidine rings is 1. The first-order valence-corrected chi connectivity index (χ1v) is 6.80. The monoisotopic (exact) mass is 241 g/mol. The number of nitrogens with two attached hydrogens (primary N) is 1. The van der Waals surface area contributed by atoms with Crippen molar-refractivity contribution in [2.75, 3.05) is 19.6 Å². The third-order valence-corrected chi connectivity index (χ3v) is 3.36. The number of nitrogens with one attached hydrogen (secondary N) is 1. The molecule has 4 heteroatoms. The first-order valence-electron chi connectivity index (χ1n) is 6.80. The summed E-state index contributed by atoms with van der Waals surface area (Å²) in [5, 5.41) is 3.54. The van der Waals surface area contributed by atoms with Crippen LogP contribution in [0.4, 0.5) is 4.79 Å². The molecule has 0 saturated carbocycles. The average Bonchev–Trinajstić information content (AvgIpc) is 2.26. The Morgan fingerprint density at radius 2 is 2.18 bits per heavy atom. The van der Waals surface area contributed by atoms with Crippen molar-refractivity contribution in [3.05, 3.63) is 0 Å². The van der Waals surface area contributed by atoms with Gasteiger partial charge in [0.2, 0.25) is 0 Å². The van der Waals surface area contributed by atoms with Crippen molar-refractivity contribution < 1.29 is 4.79 Å². The first-order chi connectivity index (χ1) is 8.02. The molecule has 100 valence electrons. The molecule has 0 aromatic rings. The van der Waals surface area contributed by atoms with Crippen molar-refractivity contribution in [1.29, 1.82) is 0 Å². The molecule has 1 fully saturated rings. The van der Waals surface area contributed by atoms with E-state index in [1.54, 1.807) is 4.90 Å². The molecular formula is C13H27N3O. The van der Waals surface area contributed by atoms with Gasteiger partial charge in [0.05, 0.1) is 0 Å². The lowest BCUT2D eigenvalue weighted by atomic mass is 9.90. The number of amides is 2. The molecule has 2 unspecified atom stereocenters. The van der Waals surface area contributed by atoms with Crippen LogP contribution in [-0.4, -0.2) is 36.6 Å². The minimum Gasteiger partial charge on any atom is -0.351 e. The summed E-state index contributed by atoms with van der Waals surface area (Å²) in [6, 6.07) is 0.136. The Hall–Kier alpha value is -0.770. The van der Waals surface area contributed by atoms with Crippen LogP contribution in [0.15, 0.2) is 0 Å². The van der Waals surface area contributed by atoms with Gasteiger partial charge in [0.1, 0.15) is 0 Å². The Morgan fingerprint density at radius 3 is 2.71 bits per heavy atom. The van der Waals surface area contributed by atoms with E-state index in [9.17, 15) is 4.79 Å². The number of likely N-dealkylation sites (tertiary alicyclic amines) is 1. The summed E-state index contributed by atoms with van der Waals surface area (Å²) < 4.78 is 0. The van der Waals surface area contributed by atoms with Crippen LogP contribution in [-0.2, 0) is 0 Å². The van der Waals surface area contributed by atoms with Gasteiger partial charge >= 0.3 is 6.03 Å². The quantitative estimate of drug-likeness (QED) is 0.771. The van der Waals surface area contributed by atoms with Crippen molar-refractivity contribution in [1.82, 2.24) is 10.2 Å². The summed E-state index contributed by atoms with van der Waals surface area (Å²) in [7, 11) is 0. The molecule has 0 spiro atoms. The highest BCUT2D eigenvalue weighted by molar-refractivity contribution is 5.72. The largest absolute Gasteiger partial charge is 0.351 e. The van der Waals surface area contributed by atoms with Gasteiger partial charge < -0.3 is 16.0 Å². The molecule has 1 saturated heterocycles. The van der Waals surface area contributed by atoms with Gasteiger partial charge in [0.15, 0.2) is 0 Å². The minimum atomic E-state index is -0.276. The fraction of sp³-hybridized carbons (Fsp3) is 0.923. The Bertz CT molecular complexity index is 243. The summed E-state index contributed by atoms with van der Waals surface area (Å²) in [5.74, 6) is 1.24. The first kappa shape index (κ1) is 14.3. The second-order valence-electron chi connectivity index (χ2n) is 5.63. The zero-order chi connectivity index (χ0) is 12.8. The van der Waals surface area contributed by atoms with Crippen molar-refractivity contribution >= 4 is 6.03 Å².